The number of carboxylic acid groups (broad SMARTS) is 1. The Morgan fingerprint density at radius 1 is 1.14 bits per heavy atom. The van der Waals surface area contributed by atoms with Gasteiger partial charge in [0.05, 0.1) is 16.6 Å². The minimum atomic E-state index is -0.933. The van der Waals surface area contributed by atoms with Crippen LogP contribution in [0.3, 0.4) is 0 Å². The molecule has 1 aromatic heterocycles. The summed E-state index contributed by atoms with van der Waals surface area (Å²) in [5.41, 5.74) is 4.14. The van der Waals surface area contributed by atoms with Crippen LogP contribution in [-0.2, 0) is 0 Å². The zero-order chi connectivity index (χ0) is 15.9. The van der Waals surface area contributed by atoms with Crippen LogP contribution in [0.15, 0.2) is 42.5 Å². The Balaban J connectivity index is 2.28. The van der Waals surface area contributed by atoms with Crippen molar-refractivity contribution in [3.05, 3.63) is 59.4 Å². The molecule has 0 bridgehead atoms. The number of imidazole rings is 1. The molecule has 0 aliphatic carbocycles. The number of carboxylic acids is 1. The van der Waals surface area contributed by atoms with E-state index in [0.717, 1.165) is 17.0 Å². The van der Waals surface area contributed by atoms with E-state index in [0.29, 0.717) is 5.52 Å². The SMILES string of the molecule is Cc1ccc(-n2c(C(C)C)nc3cc(C(=O)O)ccc32)cc1. The molecule has 22 heavy (non-hydrogen) atoms. The summed E-state index contributed by atoms with van der Waals surface area (Å²) in [5.74, 6) is 0.237. The first-order valence-electron chi connectivity index (χ1n) is 7.30. The summed E-state index contributed by atoms with van der Waals surface area (Å²) in [6.07, 6.45) is 0. The van der Waals surface area contributed by atoms with Gasteiger partial charge in [0.1, 0.15) is 5.82 Å². The van der Waals surface area contributed by atoms with E-state index in [1.54, 1.807) is 12.1 Å². The average Bonchev–Trinajstić information content (AvgIpc) is 2.86. The third-order valence-corrected chi connectivity index (χ3v) is 3.74. The average molecular weight is 294 g/mol. The highest BCUT2D eigenvalue weighted by Crippen LogP contribution is 2.27. The number of aromatic nitrogens is 2. The Labute approximate surface area is 129 Å². The zero-order valence-electron chi connectivity index (χ0n) is 12.9. The molecule has 4 nitrogen and oxygen atoms in total. The van der Waals surface area contributed by atoms with Gasteiger partial charge in [0.2, 0.25) is 0 Å². The molecule has 0 fully saturated rings. The second-order valence-electron chi connectivity index (χ2n) is 5.80. The van der Waals surface area contributed by atoms with Crippen LogP contribution in [0.2, 0.25) is 0 Å². The molecule has 0 spiro atoms. The standard InChI is InChI=1S/C18H18N2O2/c1-11(2)17-19-15-10-13(18(21)22)6-9-16(15)20(17)14-7-4-12(3)5-8-14/h4-11H,1-3H3,(H,21,22). The highest BCUT2D eigenvalue weighted by atomic mass is 16.4. The number of hydrogen-bond acceptors (Lipinski definition) is 2. The van der Waals surface area contributed by atoms with Crippen LogP contribution in [0, 0.1) is 6.92 Å². The van der Waals surface area contributed by atoms with Crippen LogP contribution < -0.4 is 0 Å². The van der Waals surface area contributed by atoms with Crippen molar-refractivity contribution in [1.82, 2.24) is 9.55 Å². The molecular formula is C18H18N2O2. The second-order valence-corrected chi connectivity index (χ2v) is 5.80. The molecule has 1 N–H and O–H groups in total. The van der Waals surface area contributed by atoms with Gasteiger partial charge in [-0.25, -0.2) is 9.78 Å². The van der Waals surface area contributed by atoms with Crippen molar-refractivity contribution in [3.8, 4) is 5.69 Å². The summed E-state index contributed by atoms with van der Waals surface area (Å²) in [4.78, 5) is 15.8. The Bertz CT molecular complexity index is 845. The summed E-state index contributed by atoms with van der Waals surface area (Å²) >= 11 is 0. The first-order valence-corrected chi connectivity index (χ1v) is 7.30. The highest BCUT2D eigenvalue weighted by molar-refractivity contribution is 5.92. The number of carbonyl (C=O) groups is 1. The highest BCUT2D eigenvalue weighted by Gasteiger charge is 2.16. The van der Waals surface area contributed by atoms with Gasteiger partial charge in [0.25, 0.3) is 0 Å². The summed E-state index contributed by atoms with van der Waals surface area (Å²) in [7, 11) is 0. The van der Waals surface area contributed by atoms with E-state index in [2.05, 4.69) is 54.6 Å². The quantitative estimate of drug-likeness (QED) is 0.789. The van der Waals surface area contributed by atoms with Crippen molar-refractivity contribution in [1.29, 1.82) is 0 Å². The fourth-order valence-electron chi connectivity index (χ4n) is 2.58. The molecule has 3 aromatic rings. The monoisotopic (exact) mass is 294 g/mol. The predicted octanol–water partition coefficient (Wildman–Crippen LogP) is 4.16. The fraction of sp³-hybridized carbons (Fsp3) is 0.222. The lowest BCUT2D eigenvalue weighted by Gasteiger charge is -2.11. The van der Waals surface area contributed by atoms with Crippen molar-refractivity contribution in [2.24, 2.45) is 0 Å². The Morgan fingerprint density at radius 2 is 1.82 bits per heavy atom. The van der Waals surface area contributed by atoms with Gasteiger partial charge in [-0.1, -0.05) is 31.5 Å². The molecule has 0 saturated carbocycles. The summed E-state index contributed by atoms with van der Waals surface area (Å²) in [6, 6.07) is 13.3. The van der Waals surface area contributed by atoms with Gasteiger partial charge in [-0.15, -0.1) is 0 Å². The molecule has 0 unspecified atom stereocenters. The van der Waals surface area contributed by atoms with Gasteiger partial charge >= 0.3 is 5.97 Å². The first kappa shape index (κ1) is 14.3. The van der Waals surface area contributed by atoms with Crippen LogP contribution in [0.4, 0.5) is 0 Å². The molecule has 0 amide bonds. The van der Waals surface area contributed by atoms with Crippen molar-refractivity contribution < 1.29 is 9.90 Å². The summed E-state index contributed by atoms with van der Waals surface area (Å²) in [6.45, 7) is 6.23. The van der Waals surface area contributed by atoms with Crippen LogP contribution >= 0.6 is 0 Å². The fourth-order valence-corrected chi connectivity index (χ4v) is 2.58. The first-order chi connectivity index (χ1) is 10.5. The minimum absolute atomic E-state index is 0.238. The number of aromatic carboxylic acids is 1. The molecule has 112 valence electrons. The van der Waals surface area contributed by atoms with Crippen molar-refractivity contribution in [3.63, 3.8) is 0 Å². The van der Waals surface area contributed by atoms with Crippen molar-refractivity contribution >= 4 is 17.0 Å². The Hall–Kier alpha value is -2.62. The van der Waals surface area contributed by atoms with E-state index >= 15 is 0 Å². The minimum Gasteiger partial charge on any atom is -0.478 e. The van der Waals surface area contributed by atoms with Gasteiger partial charge in [0.15, 0.2) is 0 Å². The van der Waals surface area contributed by atoms with Crippen LogP contribution in [0.1, 0.15) is 41.5 Å². The van der Waals surface area contributed by atoms with Gasteiger partial charge in [0, 0.05) is 11.6 Å². The maximum Gasteiger partial charge on any atom is 0.335 e. The third kappa shape index (κ3) is 2.37. The molecule has 4 heteroatoms. The number of hydrogen-bond donors (Lipinski definition) is 1. The van der Waals surface area contributed by atoms with E-state index in [-0.39, 0.29) is 11.5 Å². The lowest BCUT2D eigenvalue weighted by Crippen LogP contribution is -2.03. The van der Waals surface area contributed by atoms with E-state index in [1.165, 1.54) is 5.56 Å². The maximum absolute atomic E-state index is 11.1. The molecule has 0 saturated heterocycles. The lowest BCUT2D eigenvalue weighted by molar-refractivity contribution is 0.0697. The predicted molar refractivity (Wildman–Crippen MR) is 86.9 cm³/mol. The molecular weight excluding hydrogens is 276 g/mol. The maximum atomic E-state index is 11.1. The molecule has 0 atom stereocenters. The summed E-state index contributed by atoms with van der Waals surface area (Å²) in [5, 5.41) is 9.14. The molecule has 0 aliphatic rings. The number of nitrogens with zero attached hydrogens (tertiary/aromatic N) is 2. The summed E-state index contributed by atoms with van der Waals surface area (Å²) < 4.78 is 2.10. The van der Waals surface area contributed by atoms with Crippen LogP contribution in [-0.4, -0.2) is 20.6 Å². The van der Waals surface area contributed by atoms with E-state index in [4.69, 9.17) is 5.11 Å². The Kier molecular flexibility index (Phi) is 3.45. The number of benzene rings is 2. The third-order valence-electron chi connectivity index (χ3n) is 3.74. The topological polar surface area (TPSA) is 55.1 Å². The molecule has 0 radical (unpaired) electrons. The van der Waals surface area contributed by atoms with Crippen LogP contribution in [0.25, 0.3) is 16.7 Å². The van der Waals surface area contributed by atoms with Gasteiger partial charge < -0.3 is 5.11 Å². The number of fused-ring (bicyclic) bond motifs is 1. The molecule has 2 aromatic carbocycles. The number of rotatable bonds is 3. The van der Waals surface area contributed by atoms with Crippen molar-refractivity contribution in [2.75, 3.05) is 0 Å². The van der Waals surface area contributed by atoms with Crippen LogP contribution in [0.5, 0.6) is 0 Å². The molecule has 1 heterocycles. The zero-order valence-corrected chi connectivity index (χ0v) is 12.9. The van der Waals surface area contributed by atoms with E-state index in [9.17, 15) is 4.79 Å². The van der Waals surface area contributed by atoms with Gasteiger partial charge in [-0.2, -0.15) is 0 Å². The second kappa shape index (κ2) is 5.30. The van der Waals surface area contributed by atoms with Gasteiger partial charge in [-0.3, -0.25) is 4.57 Å². The van der Waals surface area contributed by atoms with E-state index < -0.39 is 5.97 Å². The lowest BCUT2D eigenvalue weighted by atomic mass is 10.1. The van der Waals surface area contributed by atoms with Gasteiger partial charge in [-0.05, 0) is 37.3 Å². The molecule has 3 rings (SSSR count). The van der Waals surface area contributed by atoms with Crippen molar-refractivity contribution in [2.45, 2.75) is 26.7 Å². The smallest absolute Gasteiger partial charge is 0.335 e. The molecule has 0 aliphatic heterocycles. The normalized spacial score (nSPS) is 11.3. The van der Waals surface area contributed by atoms with E-state index in [1.807, 2.05) is 6.07 Å². The Morgan fingerprint density at radius 3 is 2.41 bits per heavy atom. The largest absolute Gasteiger partial charge is 0.478 e. The number of aryl methyl sites for hydroxylation is 1.